The summed E-state index contributed by atoms with van der Waals surface area (Å²) in [7, 11) is 0. The highest BCUT2D eigenvalue weighted by molar-refractivity contribution is 7.80. The molecule has 1 aromatic rings. The second kappa shape index (κ2) is 5.22. The number of hydrogen-bond acceptors (Lipinski definition) is 3. The van der Waals surface area contributed by atoms with Crippen molar-refractivity contribution in [3.63, 3.8) is 0 Å². The number of rotatable bonds is 4. The Morgan fingerprint density at radius 1 is 1.67 bits per heavy atom. The quantitative estimate of drug-likeness (QED) is 0.564. The second-order valence-electron chi connectivity index (χ2n) is 2.31. The second-order valence-corrected chi connectivity index (χ2v) is 3.71. The lowest BCUT2D eigenvalue weighted by molar-refractivity contribution is 0.0958. The lowest BCUT2D eigenvalue weighted by atomic mass is 10.4. The molecule has 1 amide bonds. The van der Waals surface area contributed by atoms with Gasteiger partial charge in [0.15, 0.2) is 0 Å². The Morgan fingerprint density at radius 2 is 2.50 bits per heavy atom. The van der Waals surface area contributed by atoms with E-state index in [9.17, 15) is 4.79 Å². The van der Waals surface area contributed by atoms with Gasteiger partial charge in [-0.15, -0.1) is 11.3 Å². The van der Waals surface area contributed by atoms with E-state index >= 15 is 0 Å². The van der Waals surface area contributed by atoms with Crippen LogP contribution < -0.4 is 5.32 Å². The van der Waals surface area contributed by atoms with E-state index in [1.54, 1.807) is 0 Å². The van der Waals surface area contributed by atoms with Gasteiger partial charge in [0.05, 0.1) is 4.88 Å². The maximum Gasteiger partial charge on any atom is 0.261 e. The summed E-state index contributed by atoms with van der Waals surface area (Å²) >= 11 is 5.51. The van der Waals surface area contributed by atoms with E-state index in [-0.39, 0.29) is 5.91 Å². The fraction of sp³-hybridized carbons (Fsp3) is 0.375. The molecule has 0 aliphatic rings. The van der Waals surface area contributed by atoms with Crippen LogP contribution in [0.1, 0.15) is 16.1 Å². The van der Waals surface area contributed by atoms with Crippen LogP contribution in [0.5, 0.6) is 0 Å². The van der Waals surface area contributed by atoms with E-state index in [0.29, 0.717) is 6.54 Å². The summed E-state index contributed by atoms with van der Waals surface area (Å²) in [5, 5.41) is 4.70. The van der Waals surface area contributed by atoms with Gasteiger partial charge in [0, 0.05) is 6.54 Å². The molecule has 1 heterocycles. The van der Waals surface area contributed by atoms with Gasteiger partial charge in [-0.05, 0) is 23.6 Å². The third kappa shape index (κ3) is 2.87. The summed E-state index contributed by atoms with van der Waals surface area (Å²) in [6.45, 7) is 0.709. The van der Waals surface area contributed by atoms with Gasteiger partial charge in [-0.25, -0.2) is 0 Å². The minimum absolute atomic E-state index is 0.0202. The lowest BCUT2D eigenvalue weighted by Crippen LogP contribution is -2.23. The Kier molecular flexibility index (Phi) is 4.18. The fourth-order valence-corrected chi connectivity index (χ4v) is 1.57. The molecular weight excluding hydrogens is 190 g/mol. The third-order valence-electron chi connectivity index (χ3n) is 1.37. The molecule has 0 saturated heterocycles. The van der Waals surface area contributed by atoms with Crippen molar-refractivity contribution >= 4 is 29.9 Å². The number of hydrogen-bond donors (Lipinski definition) is 2. The lowest BCUT2D eigenvalue weighted by Gasteiger charge is -2.00. The van der Waals surface area contributed by atoms with Crippen LogP contribution in [0.15, 0.2) is 17.5 Å². The van der Waals surface area contributed by atoms with Crippen LogP contribution in [0.25, 0.3) is 0 Å². The number of carbonyl (C=O) groups is 1. The highest BCUT2D eigenvalue weighted by atomic mass is 32.1. The van der Waals surface area contributed by atoms with Crippen molar-refractivity contribution in [3.05, 3.63) is 22.4 Å². The topological polar surface area (TPSA) is 29.1 Å². The molecule has 4 heteroatoms. The largest absolute Gasteiger partial charge is 0.351 e. The number of thiophene rings is 1. The molecule has 0 saturated carbocycles. The van der Waals surface area contributed by atoms with E-state index in [4.69, 9.17) is 0 Å². The highest BCUT2D eigenvalue weighted by Gasteiger charge is 2.03. The van der Waals surface area contributed by atoms with Crippen LogP contribution >= 0.6 is 24.0 Å². The molecule has 0 fully saturated rings. The smallest absolute Gasteiger partial charge is 0.261 e. The molecule has 0 aliphatic heterocycles. The van der Waals surface area contributed by atoms with E-state index < -0.39 is 0 Å². The molecule has 0 bridgehead atoms. The Labute approximate surface area is 81.4 Å². The zero-order valence-corrected chi connectivity index (χ0v) is 8.33. The Balaban J connectivity index is 2.30. The van der Waals surface area contributed by atoms with Gasteiger partial charge in [-0.1, -0.05) is 6.07 Å². The normalized spacial score (nSPS) is 9.75. The molecule has 0 aliphatic carbocycles. The van der Waals surface area contributed by atoms with Gasteiger partial charge < -0.3 is 5.32 Å². The number of amides is 1. The summed E-state index contributed by atoms with van der Waals surface area (Å²) in [4.78, 5) is 12.0. The van der Waals surface area contributed by atoms with Crippen molar-refractivity contribution in [1.82, 2.24) is 5.32 Å². The predicted molar refractivity (Wildman–Crippen MR) is 55.1 cm³/mol. The molecule has 0 spiro atoms. The van der Waals surface area contributed by atoms with Crippen LogP contribution in [0.2, 0.25) is 0 Å². The molecule has 1 aromatic heterocycles. The van der Waals surface area contributed by atoms with Gasteiger partial charge in [-0.3, -0.25) is 4.79 Å². The van der Waals surface area contributed by atoms with Crippen molar-refractivity contribution in [2.75, 3.05) is 12.3 Å². The van der Waals surface area contributed by atoms with Crippen LogP contribution in [-0.2, 0) is 0 Å². The Morgan fingerprint density at radius 3 is 3.08 bits per heavy atom. The van der Waals surface area contributed by atoms with E-state index in [2.05, 4.69) is 17.9 Å². The van der Waals surface area contributed by atoms with Crippen molar-refractivity contribution in [1.29, 1.82) is 0 Å². The molecule has 0 radical (unpaired) electrons. The molecule has 66 valence electrons. The van der Waals surface area contributed by atoms with Crippen LogP contribution in [0.3, 0.4) is 0 Å². The number of carbonyl (C=O) groups excluding carboxylic acids is 1. The Bertz CT molecular complexity index is 233. The third-order valence-corrected chi connectivity index (χ3v) is 2.55. The van der Waals surface area contributed by atoms with Gasteiger partial charge in [0.25, 0.3) is 5.91 Å². The van der Waals surface area contributed by atoms with Crippen LogP contribution in [0, 0.1) is 0 Å². The first-order valence-electron chi connectivity index (χ1n) is 3.77. The van der Waals surface area contributed by atoms with E-state index in [1.807, 2.05) is 17.5 Å². The summed E-state index contributed by atoms with van der Waals surface area (Å²) in [6.07, 6.45) is 0.917. The number of nitrogens with one attached hydrogen (secondary N) is 1. The average molecular weight is 201 g/mol. The maximum absolute atomic E-state index is 11.3. The maximum atomic E-state index is 11.3. The van der Waals surface area contributed by atoms with Crippen molar-refractivity contribution in [2.24, 2.45) is 0 Å². The Hall–Kier alpha value is -0.480. The molecule has 0 unspecified atom stereocenters. The number of thiol groups is 1. The fourth-order valence-electron chi connectivity index (χ4n) is 0.776. The van der Waals surface area contributed by atoms with Crippen LogP contribution in [0.4, 0.5) is 0 Å². The van der Waals surface area contributed by atoms with Crippen molar-refractivity contribution < 1.29 is 4.79 Å². The zero-order valence-electron chi connectivity index (χ0n) is 6.62. The molecule has 2 nitrogen and oxygen atoms in total. The van der Waals surface area contributed by atoms with Gasteiger partial charge in [0.2, 0.25) is 0 Å². The molecule has 12 heavy (non-hydrogen) atoms. The average Bonchev–Trinajstić information content (AvgIpc) is 2.56. The zero-order chi connectivity index (χ0) is 8.81. The summed E-state index contributed by atoms with van der Waals surface area (Å²) in [5.74, 6) is 0.830. The van der Waals surface area contributed by atoms with E-state index in [1.165, 1.54) is 11.3 Å². The molecule has 1 N–H and O–H groups in total. The molecule has 1 rings (SSSR count). The predicted octanol–water partition coefficient (Wildman–Crippen LogP) is 1.80. The van der Waals surface area contributed by atoms with Gasteiger partial charge in [-0.2, -0.15) is 12.6 Å². The monoisotopic (exact) mass is 201 g/mol. The van der Waals surface area contributed by atoms with Crippen molar-refractivity contribution in [3.8, 4) is 0 Å². The first-order valence-corrected chi connectivity index (χ1v) is 5.28. The molecule has 0 aromatic carbocycles. The van der Waals surface area contributed by atoms with E-state index in [0.717, 1.165) is 17.1 Å². The SMILES string of the molecule is O=C(NCCCS)c1cccs1. The minimum atomic E-state index is 0.0202. The summed E-state index contributed by atoms with van der Waals surface area (Å²) in [5.41, 5.74) is 0. The minimum Gasteiger partial charge on any atom is -0.351 e. The summed E-state index contributed by atoms with van der Waals surface area (Å²) < 4.78 is 0. The van der Waals surface area contributed by atoms with Gasteiger partial charge >= 0.3 is 0 Å². The molecular formula is C8H11NOS2. The standard InChI is InChI=1S/C8H11NOS2/c10-8(9-4-2-5-11)7-3-1-6-12-7/h1,3,6,11H,2,4-5H2,(H,9,10). The first kappa shape index (κ1) is 9.61. The van der Waals surface area contributed by atoms with Gasteiger partial charge in [0.1, 0.15) is 0 Å². The van der Waals surface area contributed by atoms with Crippen LogP contribution in [-0.4, -0.2) is 18.2 Å². The summed E-state index contributed by atoms with van der Waals surface area (Å²) in [6, 6.07) is 3.69. The molecule has 0 atom stereocenters. The first-order chi connectivity index (χ1) is 5.84. The van der Waals surface area contributed by atoms with Crippen molar-refractivity contribution in [2.45, 2.75) is 6.42 Å². The highest BCUT2D eigenvalue weighted by Crippen LogP contribution is 2.07.